The lowest BCUT2D eigenvalue weighted by Crippen LogP contribution is -2.40. The predicted octanol–water partition coefficient (Wildman–Crippen LogP) is 2.35. The Hall–Kier alpha value is -4.32. The first-order valence-electron chi connectivity index (χ1n) is 9.92. The van der Waals surface area contributed by atoms with E-state index in [1.54, 1.807) is 18.3 Å². The molecule has 1 unspecified atom stereocenters. The molecule has 0 saturated carbocycles. The van der Waals surface area contributed by atoms with Gasteiger partial charge >= 0.3 is 0 Å². The highest BCUT2D eigenvalue weighted by Gasteiger charge is 2.26. The van der Waals surface area contributed by atoms with E-state index >= 15 is 0 Å². The largest absolute Gasteiger partial charge is 0.347 e. The second-order valence-electron chi connectivity index (χ2n) is 7.27. The molecule has 152 valence electrons. The Balaban J connectivity index is 1.34. The third-order valence-electron chi connectivity index (χ3n) is 5.28. The number of carbonyl (C=O) groups is 1. The first-order valence-corrected chi connectivity index (χ1v) is 9.92. The summed E-state index contributed by atoms with van der Waals surface area (Å²) in [6.07, 6.45) is 4.43. The zero-order valence-corrected chi connectivity index (χ0v) is 16.5. The molecule has 0 radical (unpaired) electrons. The number of fused-ring (bicyclic) bond motifs is 1. The number of aryl methyl sites for hydroxylation is 1. The van der Waals surface area contributed by atoms with Crippen LogP contribution in [0.3, 0.4) is 0 Å². The molecule has 4 heterocycles. The van der Waals surface area contributed by atoms with Crippen molar-refractivity contribution in [3.8, 4) is 28.7 Å². The molecule has 3 aromatic heterocycles. The number of amides is 1. The molecule has 0 spiro atoms. The molecule has 9 heteroatoms. The Labute approximate surface area is 177 Å². The van der Waals surface area contributed by atoms with Gasteiger partial charge in [-0.25, -0.2) is 9.67 Å². The topological polar surface area (TPSA) is 125 Å². The number of H-pyrrole nitrogens is 1. The van der Waals surface area contributed by atoms with E-state index in [-0.39, 0.29) is 17.6 Å². The van der Waals surface area contributed by atoms with Crippen LogP contribution in [-0.2, 0) is 13.0 Å². The summed E-state index contributed by atoms with van der Waals surface area (Å²) in [5.74, 6) is 1.25. The van der Waals surface area contributed by atoms with Gasteiger partial charge in [-0.2, -0.15) is 15.5 Å². The number of pyridine rings is 1. The monoisotopic (exact) mass is 410 g/mol. The highest BCUT2D eigenvalue weighted by atomic mass is 16.2. The van der Waals surface area contributed by atoms with Crippen molar-refractivity contribution < 1.29 is 4.79 Å². The summed E-state index contributed by atoms with van der Waals surface area (Å²) in [7, 11) is 0. The Morgan fingerprint density at radius 3 is 2.94 bits per heavy atom. The fourth-order valence-corrected chi connectivity index (χ4v) is 3.74. The molecule has 2 N–H and O–H groups in total. The lowest BCUT2D eigenvalue weighted by atomic mass is 10.0. The molecule has 1 aromatic carbocycles. The minimum Gasteiger partial charge on any atom is -0.347 e. The minimum absolute atomic E-state index is 0.0804. The Morgan fingerprint density at radius 2 is 2.10 bits per heavy atom. The van der Waals surface area contributed by atoms with Crippen molar-refractivity contribution >= 4 is 5.91 Å². The van der Waals surface area contributed by atoms with Gasteiger partial charge in [0.25, 0.3) is 5.91 Å². The van der Waals surface area contributed by atoms with Gasteiger partial charge in [-0.15, -0.1) is 0 Å². The van der Waals surface area contributed by atoms with Crippen LogP contribution >= 0.6 is 0 Å². The molecular formula is C22H18N8O. The minimum atomic E-state index is -0.289. The second kappa shape index (κ2) is 7.84. The zero-order chi connectivity index (χ0) is 21.2. The number of aromatic nitrogens is 6. The maximum absolute atomic E-state index is 13.0. The summed E-state index contributed by atoms with van der Waals surface area (Å²) in [4.78, 5) is 21.9. The molecule has 1 atom stereocenters. The van der Waals surface area contributed by atoms with E-state index in [1.807, 2.05) is 35.0 Å². The second-order valence-corrected chi connectivity index (χ2v) is 7.27. The van der Waals surface area contributed by atoms with Gasteiger partial charge in [0.2, 0.25) is 0 Å². The summed E-state index contributed by atoms with van der Waals surface area (Å²) < 4.78 is 1.90. The van der Waals surface area contributed by atoms with Crippen molar-refractivity contribution in [1.82, 2.24) is 35.3 Å². The van der Waals surface area contributed by atoms with Gasteiger partial charge in [0.05, 0.1) is 23.0 Å². The number of carbonyl (C=O) groups excluding carboxylic acids is 1. The first kappa shape index (κ1) is 18.7. The average molecular weight is 410 g/mol. The van der Waals surface area contributed by atoms with Gasteiger partial charge in [0, 0.05) is 30.8 Å². The molecule has 5 rings (SSSR count). The van der Waals surface area contributed by atoms with Crippen LogP contribution in [0, 0.1) is 11.3 Å². The van der Waals surface area contributed by atoms with Crippen LogP contribution in [0.25, 0.3) is 22.6 Å². The van der Waals surface area contributed by atoms with E-state index in [4.69, 9.17) is 0 Å². The Bertz CT molecular complexity index is 1280. The van der Waals surface area contributed by atoms with Crippen LogP contribution in [0.15, 0.2) is 54.9 Å². The van der Waals surface area contributed by atoms with Crippen LogP contribution in [-0.4, -0.2) is 41.9 Å². The maximum Gasteiger partial charge on any atom is 0.270 e. The molecule has 1 aliphatic heterocycles. The third kappa shape index (κ3) is 3.55. The number of nitrogens with one attached hydrogen (secondary N) is 2. The quantitative estimate of drug-likeness (QED) is 0.532. The zero-order valence-electron chi connectivity index (χ0n) is 16.5. The average Bonchev–Trinajstić information content (AvgIpc) is 3.47. The Morgan fingerprint density at radius 1 is 1.23 bits per heavy atom. The smallest absolute Gasteiger partial charge is 0.270 e. The molecule has 0 saturated heterocycles. The van der Waals surface area contributed by atoms with Crippen molar-refractivity contribution in [2.24, 2.45) is 0 Å². The summed E-state index contributed by atoms with van der Waals surface area (Å²) in [5, 5.41) is 23.7. The number of rotatable bonds is 4. The molecular weight excluding hydrogens is 392 g/mol. The van der Waals surface area contributed by atoms with Gasteiger partial charge in [0.1, 0.15) is 17.6 Å². The van der Waals surface area contributed by atoms with Crippen LogP contribution < -0.4 is 5.32 Å². The van der Waals surface area contributed by atoms with Gasteiger partial charge in [-0.1, -0.05) is 30.3 Å². The van der Waals surface area contributed by atoms with Crippen LogP contribution in [0.4, 0.5) is 0 Å². The number of aromatic amines is 1. The van der Waals surface area contributed by atoms with E-state index < -0.39 is 0 Å². The van der Waals surface area contributed by atoms with E-state index in [0.717, 1.165) is 17.8 Å². The molecule has 1 amide bonds. The number of nitriles is 1. The van der Waals surface area contributed by atoms with Gasteiger partial charge in [0.15, 0.2) is 5.82 Å². The van der Waals surface area contributed by atoms with E-state index in [0.29, 0.717) is 35.6 Å². The molecule has 4 aromatic rings. The standard InChI is InChI=1S/C22H18N8O/c23-12-15-7-4-9-24-19(15)17-13-25-28-20(17)22(31)26-16-8-10-30-18(11-16)27-21(29-30)14-5-2-1-3-6-14/h1-7,9,13,16H,8,10-11H2,(H,25,28)(H,26,31). The number of hydrogen-bond acceptors (Lipinski definition) is 6. The molecule has 0 aliphatic carbocycles. The summed E-state index contributed by atoms with van der Waals surface area (Å²) >= 11 is 0. The molecule has 1 aliphatic rings. The predicted molar refractivity (Wildman–Crippen MR) is 112 cm³/mol. The molecule has 0 fully saturated rings. The summed E-state index contributed by atoms with van der Waals surface area (Å²) in [6, 6.07) is 15.2. The highest BCUT2D eigenvalue weighted by Crippen LogP contribution is 2.24. The molecule has 31 heavy (non-hydrogen) atoms. The summed E-state index contributed by atoms with van der Waals surface area (Å²) in [5.41, 5.74) is 2.57. The van der Waals surface area contributed by atoms with Crippen LogP contribution in [0.2, 0.25) is 0 Å². The lowest BCUT2D eigenvalue weighted by Gasteiger charge is -2.23. The Kier molecular flexibility index (Phi) is 4.72. The molecule has 0 bridgehead atoms. The van der Waals surface area contributed by atoms with E-state index in [2.05, 4.69) is 36.7 Å². The molecule has 9 nitrogen and oxygen atoms in total. The lowest BCUT2D eigenvalue weighted by molar-refractivity contribution is 0.0925. The van der Waals surface area contributed by atoms with Gasteiger partial charge in [-0.3, -0.25) is 14.9 Å². The van der Waals surface area contributed by atoms with Gasteiger partial charge < -0.3 is 5.32 Å². The van der Waals surface area contributed by atoms with Crippen LogP contribution in [0.1, 0.15) is 28.3 Å². The highest BCUT2D eigenvalue weighted by molar-refractivity contribution is 5.99. The van der Waals surface area contributed by atoms with Crippen LogP contribution in [0.5, 0.6) is 0 Å². The fraction of sp³-hybridized carbons (Fsp3) is 0.182. The number of hydrogen-bond donors (Lipinski definition) is 2. The van der Waals surface area contributed by atoms with Crippen molar-refractivity contribution in [2.75, 3.05) is 0 Å². The van der Waals surface area contributed by atoms with E-state index in [1.165, 1.54) is 6.20 Å². The SMILES string of the molecule is N#Cc1cccnc1-c1cn[nH]c1C(=O)NC1CCn2nc(-c3ccccc3)nc2C1. The van der Waals surface area contributed by atoms with Crippen molar-refractivity contribution in [1.29, 1.82) is 5.26 Å². The number of benzene rings is 1. The van der Waals surface area contributed by atoms with Crippen molar-refractivity contribution in [3.05, 3.63) is 71.9 Å². The normalized spacial score (nSPS) is 15.1. The third-order valence-corrected chi connectivity index (χ3v) is 5.28. The fourth-order valence-electron chi connectivity index (χ4n) is 3.74. The maximum atomic E-state index is 13.0. The van der Waals surface area contributed by atoms with Crippen molar-refractivity contribution in [2.45, 2.75) is 25.4 Å². The van der Waals surface area contributed by atoms with Gasteiger partial charge in [-0.05, 0) is 18.6 Å². The first-order chi connectivity index (χ1) is 15.2. The van der Waals surface area contributed by atoms with Crippen molar-refractivity contribution in [3.63, 3.8) is 0 Å². The number of nitrogens with zero attached hydrogens (tertiary/aromatic N) is 6. The van der Waals surface area contributed by atoms with E-state index in [9.17, 15) is 10.1 Å². The summed E-state index contributed by atoms with van der Waals surface area (Å²) in [6.45, 7) is 0.675.